The second-order valence-corrected chi connectivity index (χ2v) is 5.14. The average Bonchev–Trinajstić information content (AvgIpc) is 2.53. The van der Waals surface area contributed by atoms with Gasteiger partial charge in [-0.3, -0.25) is 4.98 Å². The molecule has 2 aromatic heterocycles. The zero-order valence-electron chi connectivity index (χ0n) is 10.5. The van der Waals surface area contributed by atoms with Crippen LogP contribution in [0.3, 0.4) is 0 Å². The largest absolute Gasteiger partial charge is 0.457 e. The van der Waals surface area contributed by atoms with Crippen LogP contribution in [0.25, 0.3) is 6.08 Å². The first-order valence-corrected chi connectivity index (χ1v) is 7.01. The molecule has 1 aliphatic heterocycles. The van der Waals surface area contributed by atoms with Crippen LogP contribution in [-0.2, 0) is 16.1 Å². The molecule has 0 aliphatic carbocycles. The van der Waals surface area contributed by atoms with Gasteiger partial charge in [-0.25, -0.2) is 14.8 Å². The molecule has 0 saturated carbocycles. The minimum atomic E-state index is -0.302. The SMILES string of the molecule is O=C(OCc1ccncc1)C1=Cc2cncnc2SC1. The summed E-state index contributed by atoms with van der Waals surface area (Å²) in [5.74, 6) is 0.267. The van der Waals surface area contributed by atoms with Crippen molar-refractivity contribution in [1.82, 2.24) is 15.0 Å². The molecule has 3 rings (SSSR count). The van der Waals surface area contributed by atoms with Crippen LogP contribution in [-0.4, -0.2) is 26.7 Å². The highest BCUT2D eigenvalue weighted by Gasteiger charge is 2.18. The zero-order valence-corrected chi connectivity index (χ0v) is 11.3. The number of hydrogen-bond donors (Lipinski definition) is 0. The summed E-state index contributed by atoms with van der Waals surface area (Å²) in [7, 11) is 0. The van der Waals surface area contributed by atoms with Gasteiger partial charge in [0, 0.05) is 35.5 Å². The average molecular weight is 285 g/mol. The van der Waals surface area contributed by atoms with Gasteiger partial charge < -0.3 is 4.74 Å². The highest BCUT2D eigenvalue weighted by molar-refractivity contribution is 7.99. The molecule has 0 N–H and O–H groups in total. The van der Waals surface area contributed by atoms with Gasteiger partial charge in [0.25, 0.3) is 0 Å². The van der Waals surface area contributed by atoms with Crippen LogP contribution in [0.2, 0.25) is 0 Å². The summed E-state index contributed by atoms with van der Waals surface area (Å²) >= 11 is 1.52. The van der Waals surface area contributed by atoms with Gasteiger partial charge in [0.1, 0.15) is 18.0 Å². The molecular formula is C14H11N3O2S. The van der Waals surface area contributed by atoms with Crippen molar-refractivity contribution in [2.75, 3.05) is 5.75 Å². The summed E-state index contributed by atoms with van der Waals surface area (Å²) in [6.45, 7) is 0.251. The predicted octanol–water partition coefficient (Wildman–Crippen LogP) is 2.10. The monoisotopic (exact) mass is 285 g/mol. The smallest absolute Gasteiger partial charge is 0.335 e. The molecule has 0 fully saturated rings. The van der Waals surface area contributed by atoms with E-state index in [-0.39, 0.29) is 12.6 Å². The first-order valence-electron chi connectivity index (χ1n) is 6.02. The van der Waals surface area contributed by atoms with Crippen LogP contribution in [0.15, 0.2) is 47.6 Å². The minimum Gasteiger partial charge on any atom is -0.457 e. The van der Waals surface area contributed by atoms with Gasteiger partial charge in [-0.05, 0) is 23.8 Å². The molecule has 0 aromatic carbocycles. The van der Waals surface area contributed by atoms with Gasteiger partial charge >= 0.3 is 5.97 Å². The summed E-state index contributed by atoms with van der Waals surface area (Å²) < 4.78 is 5.29. The van der Waals surface area contributed by atoms with E-state index >= 15 is 0 Å². The number of hydrogen-bond acceptors (Lipinski definition) is 6. The van der Waals surface area contributed by atoms with Gasteiger partial charge in [-0.2, -0.15) is 0 Å². The first kappa shape index (κ1) is 12.8. The van der Waals surface area contributed by atoms with Crippen LogP contribution < -0.4 is 0 Å². The second kappa shape index (κ2) is 5.83. The quantitative estimate of drug-likeness (QED) is 0.635. The van der Waals surface area contributed by atoms with Crippen LogP contribution in [0.1, 0.15) is 11.1 Å². The van der Waals surface area contributed by atoms with Crippen molar-refractivity contribution >= 4 is 23.8 Å². The van der Waals surface area contributed by atoms with Crippen LogP contribution in [0, 0.1) is 0 Å². The number of carbonyl (C=O) groups is 1. The van der Waals surface area contributed by atoms with Crippen molar-refractivity contribution in [3.05, 3.63) is 53.8 Å². The fraction of sp³-hybridized carbons (Fsp3) is 0.143. The number of aromatic nitrogens is 3. The summed E-state index contributed by atoms with van der Waals surface area (Å²) in [5.41, 5.74) is 2.41. The molecule has 0 spiro atoms. The number of pyridine rings is 1. The van der Waals surface area contributed by atoms with Gasteiger partial charge in [0.05, 0.1) is 0 Å². The number of ether oxygens (including phenoxy) is 1. The number of nitrogens with zero attached hydrogens (tertiary/aromatic N) is 3. The molecule has 0 atom stereocenters. The van der Waals surface area contributed by atoms with Crippen molar-refractivity contribution in [2.24, 2.45) is 0 Å². The Kier molecular flexibility index (Phi) is 3.73. The lowest BCUT2D eigenvalue weighted by Gasteiger charge is -2.13. The Morgan fingerprint density at radius 2 is 2.15 bits per heavy atom. The number of carbonyl (C=O) groups excluding carboxylic acids is 1. The Balaban J connectivity index is 1.68. The Hall–Kier alpha value is -2.21. The lowest BCUT2D eigenvalue weighted by Crippen LogP contribution is -2.12. The Morgan fingerprint density at radius 1 is 1.30 bits per heavy atom. The lowest BCUT2D eigenvalue weighted by molar-refractivity contribution is -0.140. The topological polar surface area (TPSA) is 65.0 Å². The molecule has 6 heteroatoms. The Morgan fingerprint density at radius 3 is 3.00 bits per heavy atom. The Bertz CT molecular complexity index is 658. The number of esters is 1. The number of thioether (sulfide) groups is 1. The third-order valence-electron chi connectivity index (χ3n) is 2.78. The van der Waals surface area contributed by atoms with E-state index < -0.39 is 0 Å². The normalized spacial score (nSPS) is 13.3. The third-order valence-corrected chi connectivity index (χ3v) is 3.85. The predicted molar refractivity (Wildman–Crippen MR) is 74.8 cm³/mol. The van der Waals surface area contributed by atoms with E-state index in [0.717, 1.165) is 16.2 Å². The zero-order chi connectivity index (χ0) is 13.8. The van der Waals surface area contributed by atoms with Crippen LogP contribution in [0.4, 0.5) is 0 Å². The standard InChI is InChI=1S/C14H11N3O2S/c18-14(19-7-10-1-3-15-4-2-10)12-5-11-6-16-9-17-13(11)20-8-12/h1-6,9H,7-8H2. The van der Waals surface area contributed by atoms with E-state index in [1.54, 1.807) is 24.7 Å². The van der Waals surface area contributed by atoms with E-state index in [2.05, 4.69) is 15.0 Å². The lowest BCUT2D eigenvalue weighted by atomic mass is 10.2. The maximum absolute atomic E-state index is 12.0. The van der Waals surface area contributed by atoms with Crippen LogP contribution in [0.5, 0.6) is 0 Å². The molecule has 2 aromatic rings. The van der Waals surface area contributed by atoms with Gasteiger partial charge in [0.2, 0.25) is 0 Å². The van der Waals surface area contributed by atoms with Gasteiger partial charge in [-0.15, -0.1) is 11.8 Å². The summed E-state index contributed by atoms with van der Waals surface area (Å²) in [5, 5.41) is 0.894. The van der Waals surface area contributed by atoms with Crippen molar-refractivity contribution in [3.63, 3.8) is 0 Å². The molecule has 20 heavy (non-hydrogen) atoms. The first-order chi connectivity index (χ1) is 9.83. The summed E-state index contributed by atoms with van der Waals surface area (Å²) in [4.78, 5) is 24.1. The molecule has 1 aliphatic rings. The van der Waals surface area contributed by atoms with E-state index in [9.17, 15) is 4.79 Å². The van der Waals surface area contributed by atoms with E-state index in [4.69, 9.17) is 4.74 Å². The molecule has 5 nitrogen and oxygen atoms in total. The van der Waals surface area contributed by atoms with Gasteiger partial charge in [-0.1, -0.05) is 0 Å². The molecule has 0 radical (unpaired) electrons. The number of rotatable bonds is 3. The van der Waals surface area contributed by atoms with Crippen LogP contribution >= 0.6 is 11.8 Å². The van der Waals surface area contributed by atoms with Crippen molar-refractivity contribution in [3.8, 4) is 0 Å². The Labute approximate surface area is 120 Å². The fourth-order valence-corrected chi connectivity index (χ4v) is 2.66. The third kappa shape index (κ3) is 2.85. The maximum atomic E-state index is 12.0. The van der Waals surface area contributed by atoms with E-state index in [0.29, 0.717) is 11.3 Å². The molecule has 0 unspecified atom stereocenters. The summed E-state index contributed by atoms with van der Waals surface area (Å²) in [6, 6.07) is 3.64. The van der Waals surface area contributed by atoms with Crippen molar-refractivity contribution in [1.29, 1.82) is 0 Å². The molecule has 0 amide bonds. The molecule has 3 heterocycles. The highest BCUT2D eigenvalue weighted by Crippen LogP contribution is 2.29. The molecule has 0 bridgehead atoms. The molecular weight excluding hydrogens is 274 g/mol. The minimum absolute atomic E-state index is 0.251. The molecule has 100 valence electrons. The number of fused-ring (bicyclic) bond motifs is 1. The fourth-order valence-electron chi connectivity index (χ4n) is 1.76. The van der Waals surface area contributed by atoms with Crippen molar-refractivity contribution in [2.45, 2.75) is 11.6 Å². The van der Waals surface area contributed by atoms with E-state index in [1.165, 1.54) is 18.1 Å². The highest BCUT2D eigenvalue weighted by atomic mass is 32.2. The van der Waals surface area contributed by atoms with Crippen molar-refractivity contribution < 1.29 is 9.53 Å². The molecule has 0 saturated heterocycles. The van der Waals surface area contributed by atoms with Gasteiger partial charge in [0.15, 0.2) is 0 Å². The van der Waals surface area contributed by atoms with E-state index in [1.807, 2.05) is 12.1 Å². The summed E-state index contributed by atoms with van der Waals surface area (Å²) in [6.07, 6.45) is 8.34. The second-order valence-electron chi connectivity index (χ2n) is 4.17. The maximum Gasteiger partial charge on any atom is 0.335 e.